The van der Waals surface area contributed by atoms with Gasteiger partial charge in [-0.15, -0.1) is 0 Å². The molecule has 0 aromatic heterocycles. The first kappa shape index (κ1) is 20.2. The second-order valence-corrected chi connectivity index (χ2v) is 9.65. The topological polar surface area (TPSA) is 66.5 Å². The molecule has 5 nitrogen and oxygen atoms in total. The highest BCUT2D eigenvalue weighted by Gasteiger charge is 2.62. The van der Waals surface area contributed by atoms with Gasteiger partial charge in [0.15, 0.2) is 0 Å². The normalized spacial score (nSPS) is 26.6. The summed E-state index contributed by atoms with van der Waals surface area (Å²) in [5.74, 6) is -0.499. The minimum atomic E-state index is -0.864. The van der Waals surface area contributed by atoms with Crippen molar-refractivity contribution in [3.8, 4) is 0 Å². The Balaban J connectivity index is 1.35. The second-order valence-electron chi connectivity index (χ2n) is 9.65. The highest BCUT2D eigenvalue weighted by molar-refractivity contribution is 6.12. The summed E-state index contributed by atoms with van der Waals surface area (Å²) in [6.07, 6.45) is 3.32. The summed E-state index contributed by atoms with van der Waals surface area (Å²) in [5, 5.41) is 5.00. The molecule has 3 amide bonds. The average Bonchev–Trinajstić information content (AvgIpc) is 3.52. The highest BCUT2D eigenvalue weighted by Crippen LogP contribution is 2.56. The van der Waals surface area contributed by atoms with Gasteiger partial charge in [-0.1, -0.05) is 66.7 Å². The molecule has 3 aliphatic rings. The maximum Gasteiger partial charge on any atom is 0.248 e. The molecule has 1 N–H and O–H groups in total. The summed E-state index contributed by atoms with van der Waals surface area (Å²) in [5.41, 5.74) is 1.62. The number of likely N-dealkylation sites (tertiary alicyclic amines) is 1. The molecule has 5 atom stereocenters. The minimum absolute atomic E-state index is 0.147. The lowest BCUT2D eigenvalue weighted by Gasteiger charge is -2.27. The molecule has 3 aromatic carbocycles. The summed E-state index contributed by atoms with van der Waals surface area (Å²) in [4.78, 5) is 42.0. The van der Waals surface area contributed by atoms with E-state index < -0.39 is 6.04 Å². The number of fused-ring (bicyclic) bond motifs is 6. The first-order valence-corrected chi connectivity index (χ1v) is 11.8. The van der Waals surface area contributed by atoms with Crippen LogP contribution in [0.25, 0.3) is 10.8 Å². The van der Waals surface area contributed by atoms with Gasteiger partial charge in [0.05, 0.1) is 11.8 Å². The molecule has 1 saturated heterocycles. The van der Waals surface area contributed by atoms with Gasteiger partial charge in [-0.05, 0) is 48.1 Å². The molecule has 3 aromatic rings. The molecule has 33 heavy (non-hydrogen) atoms. The van der Waals surface area contributed by atoms with Gasteiger partial charge in [-0.2, -0.15) is 0 Å². The zero-order valence-corrected chi connectivity index (χ0v) is 18.3. The maximum absolute atomic E-state index is 13.7. The van der Waals surface area contributed by atoms with E-state index in [0.717, 1.165) is 35.6 Å². The number of carbonyl (C=O) groups is 3. The van der Waals surface area contributed by atoms with Crippen molar-refractivity contribution in [2.24, 2.45) is 23.7 Å². The van der Waals surface area contributed by atoms with E-state index in [1.165, 1.54) is 4.90 Å². The number of nitrogens with one attached hydrogen (secondary N) is 1. The molecule has 0 radical (unpaired) electrons. The Morgan fingerprint density at radius 2 is 1.48 bits per heavy atom. The van der Waals surface area contributed by atoms with Gasteiger partial charge >= 0.3 is 0 Å². The van der Waals surface area contributed by atoms with Crippen LogP contribution in [0, 0.1) is 23.7 Å². The number of rotatable bonds is 5. The smallest absolute Gasteiger partial charge is 0.248 e. The van der Waals surface area contributed by atoms with Crippen molar-refractivity contribution in [1.29, 1.82) is 0 Å². The molecule has 1 aliphatic heterocycles. The largest absolute Gasteiger partial charge is 0.324 e. The van der Waals surface area contributed by atoms with Crippen LogP contribution in [-0.2, 0) is 20.8 Å². The number of nitrogens with zero attached hydrogens (tertiary/aromatic N) is 1. The fourth-order valence-electron chi connectivity index (χ4n) is 6.43. The fourth-order valence-corrected chi connectivity index (χ4v) is 6.43. The van der Waals surface area contributed by atoms with Gasteiger partial charge in [0, 0.05) is 17.5 Å². The van der Waals surface area contributed by atoms with Crippen molar-refractivity contribution in [2.45, 2.75) is 31.7 Å². The number of carbonyl (C=O) groups excluding carboxylic acids is 3. The predicted molar refractivity (Wildman–Crippen MR) is 126 cm³/mol. The Labute approximate surface area is 192 Å². The van der Waals surface area contributed by atoms with Crippen LogP contribution in [-0.4, -0.2) is 28.7 Å². The SMILES string of the molecule is O=C(Nc1cccc2ccccc12)[C@@H](Cc1ccccc1)N1C(=O)[C@@H]2[C@@H]3CC[C@@H](C3)[C@@H]2C1=O. The third kappa shape index (κ3) is 3.26. The van der Waals surface area contributed by atoms with Crippen molar-refractivity contribution >= 4 is 34.2 Å². The van der Waals surface area contributed by atoms with Crippen molar-refractivity contribution in [3.63, 3.8) is 0 Å². The van der Waals surface area contributed by atoms with Gasteiger partial charge in [-0.25, -0.2) is 0 Å². The number of amides is 3. The van der Waals surface area contributed by atoms with E-state index in [1.54, 1.807) is 0 Å². The molecule has 1 heterocycles. The first-order chi connectivity index (χ1) is 16.1. The van der Waals surface area contributed by atoms with Crippen molar-refractivity contribution in [2.75, 3.05) is 5.32 Å². The fraction of sp³-hybridized carbons (Fsp3) is 0.321. The van der Waals surface area contributed by atoms with Gasteiger partial charge < -0.3 is 5.32 Å². The van der Waals surface area contributed by atoms with Gasteiger partial charge in [0.25, 0.3) is 0 Å². The lowest BCUT2D eigenvalue weighted by molar-refractivity contribution is -0.147. The number of benzene rings is 3. The molecule has 3 fully saturated rings. The standard InChI is InChI=1S/C28H26N2O3/c31-26(29-22-12-6-10-18-9-4-5-11-21(18)22)23(15-17-7-2-1-3-8-17)30-27(32)24-19-13-14-20(16-19)25(24)28(30)33/h1-12,19-20,23-25H,13-16H2,(H,29,31)/t19-,20+,23-,24-,25+/m1/s1. The summed E-state index contributed by atoms with van der Waals surface area (Å²) in [6.45, 7) is 0. The average molecular weight is 439 g/mol. The van der Waals surface area contributed by atoms with Crippen molar-refractivity contribution in [3.05, 3.63) is 78.4 Å². The second kappa shape index (κ2) is 7.84. The Morgan fingerprint density at radius 1 is 0.848 bits per heavy atom. The highest BCUT2D eigenvalue weighted by atomic mass is 16.2. The number of hydrogen-bond donors (Lipinski definition) is 1. The molecular weight excluding hydrogens is 412 g/mol. The number of anilines is 1. The van der Waals surface area contributed by atoms with Gasteiger partial charge in [-0.3, -0.25) is 19.3 Å². The maximum atomic E-state index is 13.7. The Kier molecular flexibility index (Phi) is 4.79. The van der Waals surface area contributed by atoms with Gasteiger partial charge in [0.2, 0.25) is 17.7 Å². The zero-order chi connectivity index (χ0) is 22.5. The van der Waals surface area contributed by atoms with Crippen molar-refractivity contribution < 1.29 is 14.4 Å². The Bertz CT molecular complexity index is 1220. The molecule has 5 heteroatoms. The molecule has 0 unspecified atom stereocenters. The molecular formula is C28H26N2O3. The predicted octanol–water partition coefficient (Wildman–Crippen LogP) is 4.42. The van der Waals surface area contributed by atoms with Crippen LogP contribution in [0.5, 0.6) is 0 Å². The Hall–Kier alpha value is -3.47. The molecule has 6 rings (SSSR count). The number of imide groups is 1. The molecule has 2 bridgehead atoms. The van der Waals surface area contributed by atoms with Crippen LogP contribution in [0.2, 0.25) is 0 Å². The summed E-state index contributed by atoms with van der Waals surface area (Å²) >= 11 is 0. The quantitative estimate of drug-likeness (QED) is 0.600. The van der Waals surface area contributed by atoms with E-state index in [-0.39, 0.29) is 29.6 Å². The summed E-state index contributed by atoms with van der Waals surface area (Å²) in [6, 6.07) is 22.4. The monoisotopic (exact) mass is 438 g/mol. The van der Waals surface area contributed by atoms with E-state index in [4.69, 9.17) is 0 Å². The van der Waals surface area contributed by atoms with Crippen LogP contribution in [0.1, 0.15) is 24.8 Å². The van der Waals surface area contributed by atoms with E-state index in [1.807, 2.05) is 72.8 Å². The molecule has 166 valence electrons. The van der Waals surface area contributed by atoms with Crippen LogP contribution >= 0.6 is 0 Å². The van der Waals surface area contributed by atoms with Gasteiger partial charge in [0.1, 0.15) is 6.04 Å². The third-order valence-electron chi connectivity index (χ3n) is 7.90. The van der Waals surface area contributed by atoms with E-state index in [2.05, 4.69) is 5.32 Å². The van der Waals surface area contributed by atoms with Crippen molar-refractivity contribution in [1.82, 2.24) is 4.90 Å². The van der Waals surface area contributed by atoms with E-state index in [9.17, 15) is 14.4 Å². The van der Waals surface area contributed by atoms with Crippen LogP contribution in [0.3, 0.4) is 0 Å². The third-order valence-corrected chi connectivity index (χ3v) is 7.90. The lowest BCUT2D eigenvalue weighted by Crippen LogP contribution is -2.49. The lowest BCUT2D eigenvalue weighted by atomic mass is 9.81. The van der Waals surface area contributed by atoms with E-state index in [0.29, 0.717) is 23.9 Å². The summed E-state index contributed by atoms with van der Waals surface area (Å²) in [7, 11) is 0. The Morgan fingerprint density at radius 3 is 2.21 bits per heavy atom. The molecule has 2 aliphatic carbocycles. The van der Waals surface area contributed by atoms with Crippen LogP contribution in [0.4, 0.5) is 5.69 Å². The summed E-state index contributed by atoms with van der Waals surface area (Å²) < 4.78 is 0. The number of hydrogen-bond acceptors (Lipinski definition) is 3. The van der Waals surface area contributed by atoms with E-state index >= 15 is 0 Å². The minimum Gasteiger partial charge on any atom is -0.324 e. The van der Waals surface area contributed by atoms with Crippen LogP contribution < -0.4 is 5.32 Å². The molecule has 0 spiro atoms. The zero-order valence-electron chi connectivity index (χ0n) is 18.3. The molecule has 2 saturated carbocycles. The first-order valence-electron chi connectivity index (χ1n) is 11.8. The van der Waals surface area contributed by atoms with Crippen LogP contribution in [0.15, 0.2) is 72.8 Å².